The maximum Gasteiger partial charge on any atom is 0.434 e. The number of aromatic carboxylic acids is 1. The van der Waals surface area contributed by atoms with E-state index < -0.39 is 23.4 Å². The first-order valence-electron chi connectivity index (χ1n) is 9.23. The van der Waals surface area contributed by atoms with Crippen molar-refractivity contribution in [3.63, 3.8) is 0 Å². The highest BCUT2D eigenvalue weighted by Gasteiger charge is 2.39. The van der Waals surface area contributed by atoms with Crippen LogP contribution in [0, 0.1) is 18.3 Å². The van der Waals surface area contributed by atoms with Crippen LogP contribution in [0.4, 0.5) is 29.5 Å². The predicted molar refractivity (Wildman–Crippen MR) is 105 cm³/mol. The van der Waals surface area contributed by atoms with Crippen LogP contribution in [0.2, 0.25) is 0 Å². The molecule has 0 atom stereocenters. The number of carboxylic acid groups (broad SMARTS) is 1. The standard InChI is InChI=1S/C20H18F3N5O3/c1-12-2-4-14(5-3-12)25-19(31)28-8-6-27(7-9-28)17-13(11-24)10-15(18(29)30)16(26-17)20(21,22)23/h2-5,10H,6-9H2,1H3,(H,25,31)(H,29,30). The molecular formula is C20H18F3N5O3. The van der Waals surface area contributed by atoms with Gasteiger partial charge in [-0.3, -0.25) is 0 Å². The van der Waals surface area contributed by atoms with Crippen molar-refractivity contribution in [2.45, 2.75) is 13.1 Å². The Hall–Kier alpha value is -3.81. The average molecular weight is 433 g/mol. The number of amides is 2. The monoisotopic (exact) mass is 433 g/mol. The minimum atomic E-state index is -4.99. The summed E-state index contributed by atoms with van der Waals surface area (Å²) in [5.74, 6) is -2.07. The Kier molecular flexibility index (Phi) is 6.01. The number of benzene rings is 1. The van der Waals surface area contributed by atoms with Gasteiger partial charge in [0.25, 0.3) is 0 Å². The summed E-state index contributed by atoms with van der Waals surface area (Å²) >= 11 is 0. The van der Waals surface area contributed by atoms with Crippen molar-refractivity contribution in [2.75, 3.05) is 36.4 Å². The lowest BCUT2D eigenvalue weighted by Crippen LogP contribution is -2.50. The molecule has 1 aromatic carbocycles. The van der Waals surface area contributed by atoms with Gasteiger partial charge in [-0.1, -0.05) is 17.7 Å². The molecule has 0 unspecified atom stereocenters. The van der Waals surface area contributed by atoms with Gasteiger partial charge in [0.2, 0.25) is 0 Å². The number of carboxylic acids is 1. The lowest BCUT2D eigenvalue weighted by atomic mass is 10.1. The van der Waals surface area contributed by atoms with Crippen LogP contribution in [0.25, 0.3) is 0 Å². The van der Waals surface area contributed by atoms with E-state index in [1.54, 1.807) is 18.2 Å². The van der Waals surface area contributed by atoms with E-state index in [2.05, 4.69) is 10.3 Å². The molecule has 1 fully saturated rings. The van der Waals surface area contributed by atoms with E-state index in [0.717, 1.165) is 5.56 Å². The Labute approximate surface area is 175 Å². The molecule has 2 aromatic rings. The van der Waals surface area contributed by atoms with E-state index in [1.807, 2.05) is 19.1 Å². The topological polar surface area (TPSA) is 110 Å². The third-order valence-electron chi connectivity index (χ3n) is 4.79. The van der Waals surface area contributed by atoms with Crippen molar-refractivity contribution < 1.29 is 27.9 Å². The molecule has 1 aliphatic rings. The highest BCUT2D eigenvalue weighted by Crippen LogP contribution is 2.34. The number of rotatable bonds is 3. The number of halogens is 3. The summed E-state index contributed by atoms with van der Waals surface area (Å²) in [5.41, 5.74) is -1.26. The number of alkyl halides is 3. The molecule has 1 saturated heterocycles. The molecule has 11 heteroatoms. The number of urea groups is 1. The maximum atomic E-state index is 13.3. The number of carbonyl (C=O) groups is 2. The van der Waals surface area contributed by atoms with Gasteiger partial charge in [-0.15, -0.1) is 0 Å². The number of anilines is 2. The normalized spacial score (nSPS) is 14.2. The predicted octanol–water partition coefficient (Wildman–Crippen LogP) is 3.33. The summed E-state index contributed by atoms with van der Waals surface area (Å²) in [4.78, 5) is 30.1. The largest absolute Gasteiger partial charge is 0.478 e. The van der Waals surface area contributed by atoms with Gasteiger partial charge in [0.05, 0.1) is 11.1 Å². The second-order valence-corrected chi connectivity index (χ2v) is 6.94. The Bertz CT molecular complexity index is 1040. The summed E-state index contributed by atoms with van der Waals surface area (Å²) < 4.78 is 39.9. The molecule has 31 heavy (non-hydrogen) atoms. The van der Waals surface area contributed by atoms with Crippen LogP contribution in [0.15, 0.2) is 30.3 Å². The van der Waals surface area contributed by atoms with Crippen molar-refractivity contribution in [2.24, 2.45) is 0 Å². The maximum absolute atomic E-state index is 13.3. The van der Waals surface area contributed by atoms with Crippen LogP contribution >= 0.6 is 0 Å². The fourth-order valence-electron chi connectivity index (χ4n) is 3.17. The van der Waals surface area contributed by atoms with Gasteiger partial charge in [-0.25, -0.2) is 14.6 Å². The SMILES string of the molecule is Cc1ccc(NC(=O)N2CCN(c3nc(C(F)(F)F)c(C(=O)O)cc3C#N)CC2)cc1. The zero-order chi connectivity index (χ0) is 22.8. The molecule has 8 nitrogen and oxygen atoms in total. The summed E-state index contributed by atoms with van der Waals surface area (Å²) in [5, 5.41) is 21.1. The summed E-state index contributed by atoms with van der Waals surface area (Å²) in [6, 6.07) is 9.26. The highest BCUT2D eigenvalue weighted by atomic mass is 19.4. The Morgan fingerprint density at radius 2 is 1.77 bits per heavy atom. The van der Waals surface area contributed by atoms with Crippen molar-refractivity contribution in [3.05, 3.63) is 52.7 Å². The van der Waals surface area contributed by atoms with E-state index in [9.17, 15) is 28.0 Å². The number of hydrogen-bond acceptors (Lipinski definition) is 5. The molecule has 2 amide bonds. The number of aryl methyl sites for hydroxylation is 1. The van der Waals surface area contributed by atoms with E-state index >= 15 is 0 Å². The second-order valence-electron chi connectivity index (χ2n) is 6.94. The summed E-state index contributed by atoms with van der Waals surface area (Å²) in [6.45, 7) is 2.56. The zero-order valence-corrected chi connectivity index (χ0v) is 16.4. The number of aromatic nitrogens is 1. The molecule has 162 valence electrons. The Morgan fingerprint density at radius 3 is 2.29 bits per heavy atom. The molecular weight excluding hydrogens is 415 g/mol. The van der Waals surface area contributed by atoms with Crippen molar-refractivity contribution >= 4 is 23.5 Å². The number of hydrogen-bond donors (Lipinski definition) is 2. The van der Waals surface area contributed by atoms with Crippen LogP contribution in [-0.4, -0.2) is 53.2 Å². The fraction of sp³-hybridized carbons (Fsp3) is 0.300. The molecule has 1 aliphatic heterocycles. The fourth-order valence-corrected chi connectivity index (χ4v) is 3.17. The van der Waals surface area contributed by atoms with Crippen molar-refractivity contribution in [1.82, 2.24) is 9.88 Å². The van der Waals surface area contributed by atoms with Gasteiger partial charge >= 0.3 is 18.2 Å². The number of nitriles is 1. The van der Waals surface area contributed by atoms with Crippen LogP contribution in [0.5, 0.6) is 0 Å². The van der Waals surface area contributed by atoms with Crippen molar-refractivity contribution in [3.8, 4) is 6.07 Å². The smallest absolute Gasteiger partial charge is 0.434 e. The summed E-state index contributed by atoms with van der Waals surface area (Å²) in [6.07, 6.45) is -4.99. The molecule has 3 rings (SSSR count). The molecule has 1 aromatic heterocycles. The Balaban J connectivity index is 1.77. The first-order valence-corrected chi connectivity index (χ1v) is 9.23. The minimum absolute atomic E-state index is 0.132. The van der Waals surface area contributed by atoms with Gasteiger partial charge < -0.3 is 20.2 Å². The van der Waals surface area contributed by atoms with Crippen molar-refractivity contribution in [1.29, 1.82) is 5.26 Å². The van der Waals surface area contributed by atoms with Crippen LogP contribution in [0.1, 0.15) is 27.2 Å². The lowest BCUT2D eigenvalue weighted by molar-refractivity contribution is -0.141. The third kappa shape index (κ3) is 4.85. The van der Waals surface area contributed by atoms with Crippen LogP contribution in [-0.2, 0) is 6.18 Å². The molecule has 0 aliphatic carbocycles. The molecule has 0 saturated carbocycles. The van der Waals surface area contributed by atoms with Gasteiger partial charge in [-0.2, -0.15) is 18.4 Å². The van der Waals surface area contributed by atoms with Gasteiger partial charge in [0.15, 0.2) is 5.69 Å². The average Bonchev–Trinajstić information content (AvgIpc) is 2.73. The minimum Gasteiger partial charge on any atom is -0.478 e. The number of nitrogens with one attached hydrogen (secondary N) is 1. The highest BCUT2D eigenvalue weighted by molar-refractivity contribution is 5.91. The zero-order valence-electron chi connectivity index (χ0n) is 16.4. The first-order chi connectivity index (χ1) is 14.6. The van der Waals surface area contributed by atoms with Gasteiger partial charge in [-0.05, 0) is 25.1 Å². The summed E-state index contributed by atoms with van der Waals surface area (Å²) in [7, 11) is 0. The van der Waals surface area contributed by atoms with Crippen LogP contribution in [0.3, 0.4) is 0 Å². The third-order valence-corrected chi connectivity index (χ3v) is 4.79. The first kappa shape index (κ1) is 21.9. The molecule has 0 bridgehead atoms. The van der Waals surface area contributed by atoms with E-state index in [-0.39, 0.29) is 43.6 Å². The van der Waals surface area contributed by atoms with Gasteiger partial charge in [0, 0.05) is 31.9 Å². The lowest BCUT2D eigenvalue weighted by Gasteiger charge is -2.36. The molecule has 0 spiro atoms. The second kappa shape index (κ2) is 8.51. The van der Waals surface area contributed by atoms with Crippen LogP contribution < -0.4 is 10.2 Å². The Morgan fingerprint density at radius 1 is 1.16 bits per heavy atom. The number of nitrogens with zero attached hydrogens (tertiary/aromatic N) is 4. The molecule has 2 heterocycles. The number of carbonyl (C=O) groups excluding carboxylic acids is 1. The number of pyridine rings is 1. The number of piperazine rings is 1. The molecule has 2 N–H and O–H groups in total. The van der Waals surface area contributed by atoms with E-state index in [4.69, 9.17) is 5.11 Å². The van der Waals surface area contributed by atoms with E-state index in [1.165, 1.54) is 9.80 Å². The quantitative estimate of drug-likeness (QED) is 0.769. The van der Waals surface area contributed by atoms with Gasteiger partial charge in [0.1, 0.15) is 11.9 Å². The molecule has 0 radical (unpaired) electrons. The van der Waals surface area contributed by atoms with E-state index in [0.29, 0.717) is 11.8 Å².